The third-order valence-corrected chi connectivity index (χ3v) is 8.05. The standard InChI is InChI=1S/C28H25F2N3O7S/c1-28(2,3)40-27(36)31-17-12-22(30)24-23(13-17)33(41(37,38)19-10-8-16(29)9-11-19)15-18(39-24)14-32-25(34)20-6-4-5-7-21(20)26(32)35/h4-13,18H,14-15H2,1-3H3,(H,31,36). The van der Waals surface area contributed by atoms with E-state index in [9.17, 15) is 27.2 Å². The van der Waals surface area contributed by atoms with Gasteiger partial charge in [-0.2, -0.15) is 0 Å². The summed E-state index contributed by atoms with van der Waals surface area (Å²) < 4.78 is 68.4. The monoisotopic (exact) mass is 585 g/mol. The average molecular weight is 586 g/mol. The first-order valence-corrected chi connectivity index (χ1v) is 13.9. The van der Waals surface area contributed by atoms with Gasteiger partial charge in [0.05, 0.1) is 34.8 Å². The van der Waals surface area contributed by atoms with E-state index in [2.05, 4.69) is 5.32 Å². The maximum absolute atomic E-state index is 15.5. The van der Waals surface area contributed by atoms with Crippen LogP contribution in [0.25, 0.3) is 0 Å². The maximum Gasteiger partial charge on any atom is 0.412 e. The van der Waals surface area contributed by atoms with E-state index in [1.165, 1.54) is 18.2 Å². The molecule has 2 heterocycles. The Morgan fingerprint density at radius 3 is 2.22 bits per heavy atom. The van der Waals surface area contributed by atoms with Crippen molar-refractivity contribution in [1.29, 1.82) is 0 Å². The van der Waals surface area contributed by atoms with Crippen LogP contribution in [0.5, 0.6) is 5.75 Å². The Morgan fingerprint density at radius 2 is 1.63 bits per heavy atom. The van der Waals surface area contributed by atoms with Crippen LogP contribution in [-0.2, 0) is 14.8 Å². The third-order valence-electron chi connectivity index (χ3n) is 6.26. The number of ether oxygens (including phenoxy) is 2. The van der Waals surface area contributed by atoms with E-state index in [4.69, 9.17) is 9.47 Å². The predicted molar refractivity (Wildman–Crippen MR) is 143 cm³/mol. The molecule has 10 nitrogen and oxygen atoms in total. The highest BCUT2D eigenvalue weighted by molar-refractivity contribution is 7.92. The number of halogens is 2. The molecule has 41 heavy (non-hydrogen) atoms. The highest BCUT2D eigenvalue weighted by atomic mass is 32.2. The molecule has 214 valence electrons. The SMILES string of the molecule is CC(C)(C)OC(=O)Nc1cc(F)c2c(c1)N(S(=O)(=O)c1ccc(F)cc1)CC(CN1C(=O)c3ccccc3C1=O)O2. The lowest BCUT2D eigenvalue weighted by atomic mass is 10.1. The van der Waals surface area contributed by atoms with Gasteiger partial charge in [-0.05, 0) is 63.2 Å². The number of fused-ring (bicyclic) bond motifs is 2. The lowest BCUT2D eigenvalue weighted by Gasteiger charge is -2.37. The van der Waals surface area contributed by atoms with Crippen molar-refractivity contribution < 1.29 is 41.1 Å². The molecule has 1 unspecified atom stereocenters. The van der Waals surface area contributed by atoms with E-state index < -0.39 is 63.6 Å². The second-order valence-electron chi connectivity index (χ2n) is 10.4. The molecule has 0 bridgehead atoms. The number of rotatable bonds is 5. The quantitative estimate of drug-likeness (QED) is 0.436. The molecule has 0 saturated carbocycles. The van der Waals surface area contributed by atoms with E-state index >= 15 is 4.39 Å². The molecule has 0 saturated heterocycles. The summed E-state index contributed by atoms with van der Waals surface area (Å²) in [6, 6.07) is 12.4. The van der Waals surface area contributed by atoms with Gasteiger partial charge < -0.3 is 9.47 Å². The second-order valence-corrected chi connectivity index (χ2v) is 12.3. The Balaban J connectivity index is 1.52. The molecule has 13 heteroatoms. The van der Waals surface area contributed by atoms with Gasteiger partial charge in [0.2, 0.25) is 0 Å². The zero-order valence-corrected chi connectivity index (χ0v) is 23.0. The Morgan fingerprint density at radius 1 is 1.02 bits per heavy atom. The number of carbonyl (C=O) groups excluding carboxylic acids is 3. The van der Waals surface area contributed by atoms with Crippen molar-refractivity contribution in [2.24, 2.45) is 0 Å². The number of hydrogen-bond donors (Lipinski definition) is 1. The normalized spacial score (nSPS) is 16.7. The van der Waals surface area contributed by atoms with Gasteiger partial charge in [-0.3, -0.25) is 24.1 Å². The molecule has 2 aliphatic rings. The molecule has 3 aromatic carbocycles. The topological polar surface area (TPSA) is 122 Å². The van der Waals surface area contributed by atoms with Crippen molar-refractivity contribution in [2.75, 3.05) is 22.7 Å². The minimum Gasteiger partial charge on any atom is -0.481 e. The molecule has 3 aromatic rings. The van der Waals surface area contributed by atoms with E-state index in [1.807, 2.05) is 0 Å². The summed E-state index contributed by atoms with van der Waals surface area (Å²) in [7, 11) is -4.44. The van der Waals surface area contributed by atoms with Gasteiger partial charge in [-0.25, -0.2) is 22.0 Å². The minimum absolute atomic E-state index is 0.114. The fourth-order valence-electron chi connectivity index (χ4n) is 4.53. The third kappa shape index (κ3) is 5.44. The van der Waals surface area contributed by atoms with Crippen LogP contribution in [0.15, 0.2) is 65.6 Å². The molecule has 1 N–H and O–H groups in total. The Hall–Kier alpha value is -4.52. The molecule has 0 fully saturated rings. The molecule has 1 atom stereocenters. The van der Waals surface area contributed by atoms with Gasteiger partial charge in [0, 0.05) is 11.8 Å². The van der Waals surface area contributed by atoms with Crippen molar-refractivity contribution >= 4 is 39.3 Å². The zero-order chi connectivity index (χ0) is 29.7. The predicted octanol–water partition coefficient (Wildman–Crippen LogP) is 4.56. The number of sulfonamides is 1. The van der Waals surface area contributed by atoms with Crippen LogP contribution in [0.2, 0.25) is 0 Å². The molecular weight excluding hydrogens is 560 g/mol. The Bertz CT molecular complexity index is 1640. The van der Waals surface area contributed by atoms with Gasteiger partial charge in [0.1, 0.15) is 17.5 Å². The molecule has 2 aliphatic heterocycles. The van der Waals surface area contributed by atoms with Crippen molar-refractivity contribution in [2.45, 2.75) is 37.4 Å². The average Bonchev–Trinajstić information content (AvgIpc) is 3.12. The number of amides is 3. The number of carbonyl (C=O) groups is 3. The highest BCUT2D eigenvalue weighted by Gasteiger charge is 2.41. The van der Waals surface area contributed by atoms with E-state index in [0.717, 1.165) is 39.5 Å². The smallest absolute Gasteiger partial charge is 0.412 e. The number of nitrogens with one attached hydrogen (secondary N) is 1. The number of hydrogen-bond acceptors (Lipinski definition) is 7. The second kappa shape index (κ2) is 10.1. The molecule has 0 aromatic heterocycles. The van der Waals surface area contributed by atoms with Crippen molar-refractivity contribution in [3.05, 3.63) is 83.4 Å². The largest absolute Gasteiger partial charge is 0.481 e. The highest BCUT2D eigenvalue weighted by Crippen LogP contribution is 2.41. The number of anilines is 2. The summed E-state index contributed by atoms with van der Waals surface area (Å²) in [6.07, 6.45) is -2.07. The lowest BCUT2D eigenvalue weighted by molar-refractivity contribution is 0.0568. The molecule has 3 amide bonds. The number of imide groups is 1. The van der Waals surface area contributed by atoms with Crippen molar-refractivity contribution in [3.63, 3.8) is 0 Å². The first kappa shape index (κ1) is 28.0. The van der Waals surface area contributed by atoms with E-state index in [1.54, 1.807) is 32.9 Å². The maximum atomic E-state index is 15.5. The lowest BCUT2D eigenvalue weighted by Crippen LogP contribution is -2.49. The summed E-state index contributed by atoms with van der Waals surface area (Å²) in [6.45, 7) is 4.10. The Labute approximate surface area is 234 Å². The summed E-state index contributed by atoms with van der Waals surface area (Å²) >= 11 is 0. The molecule has 0 aliphatic carbocycles. The van der Waals surface area contributed by atoms with Gasteiger partial charge in [0.25, 0.3) is 21.8 Å². The summed E-state index contributed by atoms with van der Waals surface area (Å²) in [4.78, 5) is 38.8. The van der Waals surface area contributed by atoms with Crippen LogP contribution >= 0.6 is 0 Å². The fraction of sp³-hybridized carbons (Fsp3) is 0.250. The minimum atomic E-state index is -4.44. The van der Waals surface area contributed by atoms with E-state index in [-0.39, 0.29) is 33.9 Å². The van der Waals surface area contributed by atoms with Gasteiger partial charge >= 0.3 is 6.09 Å². The van der Waals surface area contributed by atoms with Crippen LogP contribution < -0.4 is 14.4 Å². The molecular formula is C28H25F2N3O7S. The fourth-order valence-corrected chi connectivity index (χ4v) is 6.02. The first-order chi connectivity index (χ1) is 19.2. The van der Waals surface area contributed by atoms with E-state index in [0.29, 0.717) is 0 Å². The van der Waals surface area contributed by atoms with Crippen LogP contribution in [0.4, 0.5) is 25.0 Å². The van der Waals surface area contributed by atoms with Crippen LogP contribution in [0, 0.1) is 11.6 Å². The van der Waals surface area contributed by atoms with Crippen LogP contribution in [0.3, 0.4) is 0 Å². The number of benzene rings is 3. The van der Waals surface area contributed by atoms with Gasteiger partial charge in [-0.1, -0.05) is 12.1 Å². The molecule has 5 rings (SSSR count). The van der Waals surface area contributed by atoms with Crippen molar-refractivity contribution in [1.82, 2.24) is 4.90 Å². The van der Waals surface area contributed by atoms with Gasteiger partial charge in [-0.15, -0.1) is 0 Å². The van der Waals surface area contributed by atoms with Crippen LogP contribution in [-0.4, -0.2) is 56.0 Å². The van der Waals surface area contributed by atoms with Gasteiger partial charge in [0.15, 0.2) is 11.6 Å². The summed E-state index contributed by atoms with van der Waals surface area (Å²) in [5.74, 6) is -3.33. The van der Waals surface area contributed by atoms with Crippen LogP contribution in [0.1, 0.15) is 41.5 Å². The summed E-state index contributed by atoms with van der Waals surface area (Å²) in [5, 5.41) is 2.37. The van der Waals surface area contributed by atoms with Crippen molar-refractivity contribution in [3.8, 4) is 5.75 Å². The zero-order valence-electron chi connectivity index (χ0n) is 22.2. The molecule has 0 radical (unpaired) electrons. The first-order valence-electron chi connectivity index (χ1n) is 12.5. The Kier molecular flexibility index (Phi) is 6.93. The molecule has 0 spiro atoms. The number of nitrogens with zero attached hydrogens (tertiary/aromatic N) is 2. The summed E-state index contributed by atoms with van der Waals surface area (Å²) in [5.41, 5.74) is -0.840.